The second-order valence-electron chi connectivity index (χ2n) is 7.88. The number of fused-ring (bicyclic) bond motifs is 3. The number of aryl methyl sites for hydroxylation is 1. The van der Waals surface area contributed by atoms with Crippen LogP contribution in [0.5, 0.6) is 0 Å². The third-order valence-electron chi connectivity index (χ3n) is 5.70. The van der Waals surface area contributed by atoms with Gasteiger partial charge >= 0.3 is 0 Å². The molecule has 2 heterocycles. The number of nitrogens with zero attached hydrogens (tertiary/aromatic N) is 3. The van der Waals surface area contributed by atoms with E-state index in [2.05, 4.69) is 105 Å². The minimum Gasteiger partial charge on any atom is -0.357 e. The van der Waals surface area contributed by atoms with Gasteiger partial charge in [-0.2, -0.15) is 0 Å². The molecular formula is C22H27N3. The van der Waals surface area contributed by atoms with Gasteiger partial charge in [0.25, 0.3) is 0 Å². The van der Waals surface area contributed by atoms with Crippen LogP contribution in [0.3, 0.4) is 0 Å². The van der Waals surface area contributed by atoms with E-state index >= 15 is 0 Å². The molecule has 0 spiro atoms. The van der Waals surface area contributed by atoms with Crippen LogP contribution in [-0.2, 0) is 0 Å². The van der Waals surface area contributed by atoms with Crippen LogP contribution in [0.15, 0.2) is 48.8 Å². The van der Waals surface area contributed by atoms with E-state index in [9.17, 15) is 0 Å². The number of aromatic nitrogens is 1. The number of hydrogen-bond acceptors (Lipinski definition) is 2. The van der Waals surface area contributed by atoms with E-state index in [1.165, 1.54) is 33.1 Å². The molecule has 130 valence electrons. The van der Waals surface area contributed by atoms with Gasteiger partial charge in [-0.3, -0.25) is 0 Å². The highest BCUT2D eigenvalue weighted by atomic mass is 15.4. The predicted molar refractivity (Wildman–Crippen MR) is 108 cm³/mol. The second kappa shape index (κ2) is 5.29. The van der Waals surface area contributed by atoms with Crippen molar-refractivity contribution in [3.8, 4) is 0 Å². The summed E-state index contributed by atoms with van der Waals surface area (Å²) in [6.45, 7) is 11.3. The van der Waals surface area contributed by atoms with Crippen LogP contribution in [0.2, 0.25) is 0 Å². The van der Waals surface area contributed by atoms with E-state index in [1.54, 1.807) is 0 Å². The third-order valence-corrected chi connectivity index (χ3v) is 5.70. The van der Waals surface area contributed by atoms with Crippen LogP contribution in [-0.4, -0.2) is 22.2 Å². The summed E-state index contributed by atoms with van der Waals surface area (Å²) in [4.78, 5) is 4.69. The summed E-state index contributed by atoms with van der Waals surface area (Å²) in [5.74, 6) is 0. The molecular weight excluding hydrogens is 306 g/mol. The van der Waals surface area contributed by atoms with E-state index in [-0.39, 0.29) is 5.66 Å². The molecule has 0 fully saturated rings. The zero-order chi connectivity index (χ0) is 17.9. The molecule has 0 unspecified atom stereocenters. The summed E-state index contributed by atoms with van der Waals surface area (Å²) in [5.41, 5.74) is 5.18. The fraction of sp³-hybridized carbons (Fsp3) is 0.364. The Kier molecular flexibility index (Phi) is 3.40. The van der Waals surface area contributed by atoms with E-state index in [0.29, 0.717) is 6.04 Å². The molecule has 0 saturated heterocycles. The summed E-state index contributed by atoms with van der Waals surface area (Å²) in [5, 5.41) is 2.70. The maximum absolute atomic E-state index is 2.46. The van der Waals surface area contributed by atoms with Gasteiger partial charge in [0.05, 0.1) is 11.2 Å². The van der Waals surface area contributed by atoms with Gasteiger partial charge in [-0.25, -0.2) is 0 Å². The summed E-state index contributed by atoms with van der Waals surface area (Å²) in [6, 6.07) is 13.8. The average Bonchev–Trinajstić information content (AvgIpc) is 3.03. The standard InChI is InChI=1S/C22H27N3/c1-15(2)25-18-10-8-7-9-17(18)20-19(25)12-11-16(3)21(20)24-14-13-23(6)22(24,4)5/h7-15H,1-6H3. The first-order valence-electron chi connectivity index (χ1n) is 9.07. The van der Waals surface area contributed by atoms with Crippen LogP contribution in [0.4, 0.5) is 5.69 Å². The summed E-state index contributed by atoms with van der Waals surface area (Å²) >= 11 is 0. The van der Waals surface area contributed by atoms with Crippen LogP contribution in [0.25, 0.3) is 21.8 Å². The molecule has 0 atom stereocenters. The monoisotopic (exact) mass is 333 g/mol. The zero-order valence-electron chi connectivity index (χ0n) is 16.0. The Morgan fingerprint density at radius 3 is 2.28 bits per heavy atom. The Morgan fingerprint density at radius 2 is 1.64 bits per heavy atom. The molecule has 3 aromatic rings. The normalized spacial score (nSPS) is 16.8. The summed E-state index contributed by atoms with van der Waals surface area (Å²) < 4.78 is 2.46. The highest BCUT2D eigenvalue weighted by Crippen LogP contribution is 2.43. The van der Waals surface area contributed by atoms with E-state index in [1.807, 2.05) is 0 Å². The molecule has 0 N–H and O–H groups in total. The summed E-state index contributed by atoms with van der Waals surface area (Å²) in [6.07, 6.45) is 4.38. The van der Waals surface area contributed by atoms with E-state index < -0.39 is 0 Å². The van der Waals surface area contributed by atoms with Crippen molar-refractivity contribution in [2.75, 3.05) is 11.9 Å². The van der Waals surface area contributed by atoms with Crippen molar-refractivity contribution in [2.24, 2.45) is 0 Å². The minimum atomic E-state index is -0.0833. The highest BCUT2D eigenvalue weighted by Gasteiger charge is 2.35. The summed E-state index contributed by atoms with van der Waals surface area (Å²) in [7, 11) is 2.14. The lowest BCUT2D eigenvalue weighted by Crippen LogP contribution is -2.46. The lowest BCUT2D eigenvalue weighted by molar-refractivity contribution is 0.253. The smallest absolute Gasteiger partial charge is 0.110 e. The number of para-hydroxylation sites is 1. The molecule has 0 amide bonds. The molecule has 0 aliphatic carbocycles. The first-order chi connectivity index (χ1) is 11.8. The Labute approximate surface area is 150 Å². The van der Waals surface area contributed by atoms with Crippen LogP contribution >= 0.6 is 0 Å². The quantitative estimate of drug-likeness (QED) is 0.601. The van der Waals surface area contributed by atoms with Gasteiger partial charge in [0, 0.05) is 41.8 Å². The molecule has 0 bridgehead atoms. The highest BCUT2D eigenvalue weighted by molar-refractivity contribution is 6.15. The van der Waals surface area contributed by atoms with Crippen molar-refractivity contribution in [3.63, 3.8) is 0 Å². The molecule has 4 rings (SSSR count). The van der Waals surface area contributed by atoms with Crippen molar-refractivity contribution < 1.29 is 0 Å². The van der Waals surface area contributed by atoms with Crippen molar-refractivity contribution in [1.29, 1.82) is 0 Å². The first-order valence-corrected chi connectivity index (χ1v) is 9.07. The SMILES string of the molecule is Cc1ccc2c(c1N1C=CN(C)C1(C)C)c1ccccc1n2C(C)C. The Morgan fingerprint density at radius 1 is 0.920 bits per heavy atom. The van der Waals surface area contributed by atoms with Gasteiger partial charge in [0.2, 0.25) is 0 Å². The topological polar surface area (TPSA) is 11.4 Å². The molecule has 3 heteroatoms. The van der Waals surface area contributed by atoms with Crippen molar-refractivity contribution in [2.45, 2.75) is 46.3 Å². The maximum Gasteiger partial charge on any atom is 0.110 e. The number of rotatable bonds is 2. The second-order valence-corrected chi connectivity index (χ2v) is 7.88. The lowest BCUT2D eigenvalue weighted by Gasteiger charge is -2.39. The molecule has 1 aliphatic heterocycles. The van der Waals surface area contributed by atoms with Crippen LogP contribution < -0.4 is 4.90 Å². The van der Waals surface area contributed by atoms with Crippen molar-refractivity contribution in [1.82, 2.24) is 9.47 Å². The largest absolute Gasteiger partial charge is 0.357 e. The van der Waals surface area contributed by atoms with Gasteiger partial charge < -0.3 is 14.4 Å². The number of benzene rings is 2. The van der Waals surface area contributed by atoms with Gasteiger partial charge in [-0.15, -0.1) is 0 Å². The zero-order valence-corrected chi connectivity index (χ0v) is 16.0. The third kappa shape index (κ3) is 2.11. The minimum absolute atomic E-state index is 0.0833. The first kappa shape index (κ1) is 16.1. The van der Waals surface area contributed by atoms with Crippen LogP contribution in [0, 0.1) is 6.92 Å². The molecule has 1 aromatic heterocycles. The fourth-order valence-electron chi connectivity index (χ4n) is 4.09. The van der Waals surface area contributed by atoms with Gasteiger partial charge in [0.1, 0.15) is 5.66 Å². The predicted octanol–water partition coefficient (Wildman–Crippen LogP) is 5.64. The number of hydrogen-bond donors (Lipinski definition) is 0. The molecule has 3 nitrogen and oxygen atoms in total. The molecule has 0 saturated carbocycles. The Bertz CT molecular complexity index is 991. The van der Waals surface area contributed by atoms with Gasteiger partial charge in [0.15, 0.2) is 0 Å². The number of anilines is 1. The van der Waals surface area contributed by atoms with Crippen molar-refractivity contribution >= 4 is 27.5 Å². The van der Waals surface area contributed by atoms with Gasteiger partial charge in [-0.05, 0) is 52.3 Å². The van der Waals surface area contributed by atoms with Crippen LogP contribution in [0.1, 0.15) is 39.3 Å². The maximum atomic E-state index is 2.46. The fourth-order valence-corrected chi connectivity index (χ4v) is 4.09. The Balaban J connectivity index is 2.14. The molecule has 25 heavy (non-hydrogen) atoms. The molecule has 2 aromatic carbocycles. The Hall–Kier alpha value is -2.42. The van der Waals surface area contributed by atoms with E-state index in [0.717, 1.165) is 0 Å². The van der Waals surface area contributed by atoms with E-state index in [4.69, 9.17) is 0 Å². The van der Waals surface area contributed by atoms with Gasteiger partial charge in [-0.1, -0.05) is 24.3 Å². The molecule has 0 radical (unpaired) electrons. The average molecular weight is 333 g/mol. The van der Waals surface area contributed by atoms with Crippen molar-refractivity contribution in [3.05, 3.63) is 54.4 Å². The lowest BCUT2D eigenvalue weighted by atomic mass is 10.0. The molecule has 1 aliphatic rings.